The molecular weight excluding hydrogens is 392 g/mol. The van der Waals surface area contributed by atoms with Gasteiger partial charge in [-0.25, -0.2) is 4.98 Å². The molecule has 0 fully saturated rings. The Hall–Kier alpha value is -3.18. The van der Waals surface area contributed by atoms with E-state index in [1.54, 1.807) is 16.2 Å². The van der Waals surface area contributed by atoms with Gasteiger partial charge in [-0.05, 0) is 49.6 Å². The predicted octanol–water partition coefficient (Wildman–Crippen LogP) is 5.83. The van der Waals surface area contributed by atoms with Gasteiger partial charge in [0.15, 0.2) is 11.7 Å². The van der Waals surface area contributed by atoms with E-state index in [2.05, 4.69) is 26.0 Å². The van der Waals surface area contributed by atoms with Crippen LogP contribution in [0.3, 0.4) is 0 Å². The molecule has 1 heterocycles. The van der Waals surface area contributed by atoms with Gasteiger partial charge in [0.2, 0.25) is 0 Å². The van der Waals surface area contributed by atoms with E-state index in [4.69, 9.17) is 9.72 Å². The van der Waals surface area contributed by atoms with Crippen molar-refractivity contribution in [3.8, 4) is 5.75 Å². The second kappa shape index (κ2) is 8.67. The summed E-state index contributed by atoms with van der Waals surface area (Å²) in [6.45, 7) is 6.56. The van der Waals surface area contributed by atoms with E-state index in [-0.39, 0.29) is 12.5 Å². The summed E-state index contributed by atoms with van der Waals surface area (Å²) in [5, 5.41) is 0.698. The van der Waals surface area contributed by atoms with E-state index in [0.29, 0.717) is 17.4 Å². The average Bonchev–Trinajstić information content (AvgIpc) is 3.21. The van der Waals surface area contributed by atoms with Gasteiger partial charge in [-0.1, -0.05) is 71.5 Å². The average molecular weight is 417 g/mol. The third-order valence-electron chi connectivity index (χ3n) is 5.03. The van der Waals surface area contributed by atoms with Gasteiger partial charge < -0.3 is 4.74 Å². The number of thiazole rings is 1. The van der Waals surface area contributed by atoms with E-state index in [1.165, 1.54) is 5.56 Å². The summed E-state index contributed by atoms with van der Waals surface area (Å²) < 4.78 is 6.89. The molecule has 1 aromatic heterocycles. The molecule has 0 aliphatic rings. The molecule has 0 radical (unpaired) electrons. The minimum atomic E-state index is -0.117. The normalized spacial score (nSPS) is 10.9. The summed E-state index contributed by atoms with van der Waals surface area (Å²) >= 11 is 1.56. The SMILES string of the molecule is Cc1ccc(OCC(=O)N(Cc2ccccc2)c2nc3c(C)ccc(C)c3s2)cc1. The molecule has 1 amide bonds. The van der Waals surface area contributed by atoms with Crippen molar-refractivity contribution in [2.24, 2.45) is 0 Å². The minimum absolute atomic E-state index is 0.0379. The van der Waals surface area contributed by atoms with Gasteiger partial charge in [0, 0.05) is 0 Å². The van der Waals surface area contributed by atoms with Gasteiger partial charge in [0.05, 0.1) is 16.8 Å². The molecule has 3 aromatic carbocycles. The van der Waals surface area contributed by atoms with E-state index in [9.17, 15) is 4.79 Å². The number of rotatable bonds is 6. The van der Waals surface area contributed by atoms with Crippen LogP contribution in [-0.2, 0) is 11.3 Å². The number of amides is 1. The van der Waals surface area contributed by atoms with Crippen LogP contribution in [0.1, 0.15) is 22.3 Å². The molecule has 4 nitrogen and oxygen atoms in total. The van der Waals surface area contributed by atoms with Crippen LogP contribution in [0.2, 0.25) is 0 Å². The van der Waals surface area contributed by atoms with Crippen LogP contribution in [0.15, 0.2) is 66.7 Å². The number of aromatic nitrogens is 1. The summed E-state index contributed by atoms with van der Waals surface area (Å²) in [4.78, 5) is 19.8. The van der Waals surface area contributed by atoms with Crippen LogP contribution in [-0.4, -0.2) is 17.5 Å². The lowest BCUT2D eigenvalue weighted by atomic mass is 10.1. The Balaban J connectivity index is 1.64. The van der Waals surface area contributed by atoms with Gasteiger partial charge in [-0.15, -0.1) is 0 Å². The fraction of sp³-hybridized carbons (Fsp3) is 0.200. The van der Waals surface area contributed by atoms with Gasteiger partial charge in [0.25, 0.3) is 5.91 Å². The topological polar surface area (TPSA) is 42.4 Å². The number of nitrogens with zero attached hydrogens (tertiary/aromatic N) is 2. The molecule has 0 spiro atoms. The second-order valence-corrected chi connectivity index (χ2v) is 8.42. The molecule has 0 saturated heterocycles. The molecule has 0 bridgehead atoms. The summed E-state index contributed by atoms with van der Waals surface area (Å²) in [7, 11) is 0. The number of ether oxygens (including phenoxy) is 1. The third kappa shape index (κ3) is 4.36. The first-order valence-electron chi connectivity index (χ1n) is 9.92. The lowest BCUT2D eigenvalue weighted by Crippen LogP contribution is -2.34. The minimum Gasteiger partial charge on any atom is -0.484 e. The number of hydrogen-bond donors (Lipinski definition) is 0. The van der Waals surface area contributed by atoms with E-state index >= 15 is 0 Å². The Labute approximate surface area is 180 Å². The first-order chi connectivity index (χ1) is 14.5. The summed E-state index contributed by atoms with van der Waals surface area (Å²) in [6, 6.07) is 21.9. The van der Waals surface area contributed by atoms with Crippen LogP contribution in [0, 0.1) is 20.8 Å². The molecule has 5 heteroatoms. The molecular formula is C25H24N2O2S. The Morgan fingerprint density at radius 1 is 0.933 bits per heavy atom. The van der Waals surface area contributed by atoms with Crippen molar-refractivity contribution < 1.29 is 9.53 Å². The molecule has 4 rings (SSSR count). The number of aryl methyl sites for hydroxylation is 3. The van der Waals surface area contributed by atoms with E-state index in [1.807, 2.05) is 61.5 Å². The van der Waals surface area contributed by atoms with Crippen LogP contribution in [0.5, 0.6) is 5.75 Å². The maximum atomic E-state index is 13.2. The Kier molecular flexibility index (Phi) is 5.81. The first kappa shape index (κ1) is 20.1. The Bertz CT molecular complexity index is 1130. The van der Waals surface area contributed by atoms with E-state index < -0.39 is 0 Å². The lowest BCUT2D eigenvalue weighted by Gasteiger charge is -2.20. The van der Waals surface area contributed by atoms with E-state index in [0.717, 1.165) is 26.9 Å². The molecule has 0 aliphatic carbocycles. The molecule has 152 valence electrons. The van der Waals surface area contributed by atoms with Crippen molar-refractivity contribution in [1.29, 1.82) is 0 Å². The third-order valence-corrected chi connectivity index (χ3v) is 6.24. The zero-order valence-corrected chi connectivity index (χ0v) is 18.2. The fourth-order valence-corrected chi connectivity index (χ4v) is 4.38. The number of anilines is 1. The zero-order chi connectivity index (χ0) is 21.1. The largest absolute Gasteiger partial charge is 0.484 e. The highest BCUT2D eigenvalue weighted by Gasteiger charge is 2.22. The van der Waals surface area contributed by atoms with Crippen molar-refractivity contribution in [1.82, 2.24) is 4.98 Å². The van der Waals surface area contributed by atoms with Crippen molar-refractivity contribution in [3.63, 3.8) is 0 Å². The van der Waals surface area contributed by atoms with Crippen LogP contribution < -0.4 is 9.64 Å². The quantitative estimate of drug-likeness (QED) is 0.397. The number of benzene rings is 3. The number of fused-ring (bicyclic) bond motifs is 1. The standard InChI is InChI=1S/C25H24N2O2S/c1-17-9-13-21(14-10-17)29-16-22(28)27(15-20-7-5-4-6-8-20)25-26-23-18(2)11-12-19(3)24(23)30-25/h4-14H,15-16H2,1-3H3. The second-order valence-electron chi connectivity index (χ2n) is 7.44. The van der Waals surface area contributed by atoms with Gasteiger partial charge in [0.1, 0.15) is 5.75 Å². The summed E-state index contributed by atoms with van der Waals surface area (Å²) in [5.41, 5.74) is 5.44. The Morgan fingerprint density at radius 3 is 2.33 bits per heavy atom. The highest BCUT2D eigenvalue weighted by atomic mass is 32.1. The van der Waals surface area contributed by atoms with Crippen LogP contribution in [0.4, 0.5) is 5.13 Å². The van der Waals surface area contributed by atoms with Crippen molar-refractivity contribution in [2.75, 3.05) is 11.5 Å². The molecule has 0 N–H and O–H groups in total. The van der Waals surface area contributed by atoms with Gasteiger partial charge in [-0.2, -0.15) is 0 Å². The molecule has 30 heavy (non-hydrogen) atoms. The maximum absolute atomic E-state index is 13.2. The predicted molar refractivity (Wildman–Crippen MR) is 123 cm³/mol. The van der Waals surface area contributed by atoms with Gasteiger partial charge >= 0.3 is 0 Å². The summed E-state index contributed by atoms with van der Waals surface area (Å²) in [6.07, 6.45) is 0. The maximum Gasteiger partial charge on any atom is 0.267 e. The van der Waals surface area contributed by atoms with Crippen molar-refractivity contribution >= 4 is 32.6 Å². The van der Waals surface area contributed by atoms with Crippen molar-refractivity contribution in [2.45, 2.75) is 27.3 Å². The zero-order valence-electron chi connectivity index (χ0n) is 17.4. The monoisotopic (exact) mass is 416 g/mol. The first-order valence-corrected chi connectivity index (χ1v) is 10.7. The lowest BCUT2D eigenvalue weighted by molar-refractivity contribution is -0.120. The number of carbonyl (C=O) groups excluding carboxylic acids is 1. The smallest absolute Gasteiger partial charge is 0.267 e. The van der Waals surface area contributed by atoms with Crippen LogP contribution in [0.25, 0.3) is 10.2 Å². The molecule has 0 saturated carbocycles. The molecule has 0 atom stereocenters. The highest BCUT2D eigenvalue weighted by Crippen LogP contribution is 2.33. The number of carbonyl (C=O) groups is 1. The fourth-order valence-electron chi connectivity index (χ4n) is 3.25. The van der Waals surface area contributed by atoms with Crippen LogP contribution >= 0.6 is 11.3 Å². The molecule has 0 unspecified atom stereocenters. The summed E-state index contributed by atoms with van der Waals surface area (Å²) in [5.74, 6) is 0.568. The molecule has 4 aromatic rings. The molecule has 0 aliphatic heterocycles. The highest BCUT2D eigenvalue weighted by molar-refractivity contribution is 7.22. The van der Waals surface area contributed by atoms with Gasteiger partial charge in [-0.3, -0.25) is 9.69 Å². The van der Waals surface area contributed by atoms with Crippen molar-refractivity contribution in [3.05, 3.63) is 89.0 Å². The Morgan fingerprint density at radius 2 is 1.63 bits per heavy atom. The number of hydrogen-bond acceptors (Lipinski definition) is 4.